The second-order valence-electron chi connectivity index (χ2n) is 6.07. The number of fused-ring (bicyclic) bond motifs is 1. The van der Waals surface area contributed by atoms with Gasteiger partial charge in [0.25, 0.3) is 5.91 Å². The Kier molecular flexibility index (Phi) is 6.20. The molecule has 2 aromatic rings. The summed E-state index contributed by atoms with van der Waals surface area (Å²) in [4.78, 5) is 36.8. The predicted octanol–water partition coefficient (Wildman–Crippen LogP) is 1.32. The van der Waals surface area contributed by atoms with Crippen molar-refractivity contribution in [3.8, 4) is 0 Å². The van der Waals surface area contributed by atoms with Crippen LogP contribution in [-0.4, -0.2) is 38.1 Å². The van der Waals surface area contributed by atoms with Crippen molar-refractivity contribution < 1.29 is 27.5 Å². The van der Waals surface area contributed by atoms with Crippen molar-refractivity contribution in [2.45, 2.75) is 21.5 Å². The molecule has 0 spiro atoms. The third-order valence-corrected chi connectivity index (χ3v) is 6.09. The number of amides is 2. The Morgan fingerprint density at radius 1 is 1.14 bits per heavy atom. The molecule has 1 aliphatic heterocycles. The van der Waals surface area contributed by atoms with Crippen LogP contribution in [0.1, 0.15) is 6.42 Å². The number of nitrogens with one attached hydrogen (secondary N) is 2. The molecule has 0 saturated heterocycles. The number of sulfonamides is 1. The fraction of sp³-hybridized carbons (Fsp3) is 0.167. The number of benzene rings is 2. The predicted molar refractivity (Wildman–Crippen MR) is 107 cm³/mol. The van der Waals surface area contributed by atoms with Gasteiger partial charge in [-0.2, -0.15) is 0 Å². The third kappa shape index (κ3) is 5.56. The first-order valence-corrected chi connectivity index (χ1v) is 10.8. The molecule has 0 aromatic heterocycles. The first-order chi connectivity index (χ1) is 13.7. The summed E-state index contributed by atoms with van der Waals surface area (Å²) in [6.07, 6.45) is -0.179. The van der Waals surface area contributed by atoms with E-state index in [2.05, 4.69) is 10.6 Å². The zero-order valence-electron chi connectivity index (χ0n) is 15.0. The smallest absolute Gasteiger partial charge is 0.307 e. The number of anilines is 2. The van der Waals surface area contributed by atoms with Crippen molar-refractivity contribution in [3.63, 3.8) is 0 Å². The average Bonchev–Trinajstić information content (AvgIpc) is 2.67. The quantitative estimate of drug-likeness (QED) is 0.580. The van der Waals surface area contributed by atoms with E-state index in [0.717, 1.165) is 4.90 Å². The van der Waals surface area contributed by atoms with Crippen LogP contribution in [0.5, 0.6) is 0 Å². The Morgan fingerprint density at radius 2 is 1.83 bits per heavy atom. The Labute approximate surface area is 171 Å². The van der Waals surface area contributed by atoms with E-state index in [1.54, 1.807) is 12.1 Å². The van der Waals surface area contributed by atoms with Crippen molar-refractivity contribution in [3.05, 3.63) is 48.5 Å². The van der Waals surface area contributed by atoms with Crippen LogP contribution >= 0.6 is 11.8 Å². The fourth-order valence-corrected chi connectivity index (χ4v) is 4.12. The highest BCUT2D eigenvalue weighted by Gasteiger charge is 2.29. The molecule has 0 unspecified atom stereocenters. The van der Waals surface area contributed by atoms with E-state index in [4.69, 9.17) is 9.88 Å². The molecular weight excluding hydrogens is 418 g/mol. The summed E-state index contributed by atoms with van der Waals surface area (Å²) in [5.41, 5.74) is 1.01. The van der Waals surface area contributed by atoms with Crippen LogP contribution in [0.2, 0.25) is 0 Å². The van der Waals surface area contributed by atoms with Gasteiger partial charge in [-0.1, -0.05) is 12.1 Å². The van der Waals surface area contributed by atoms with Crippen LogP contribution in [-0.2, 0) is 29.1 Å². The van der Waals surface area contributed by atoms with Gasteiger partial charge in [0.05, 0.1) is 22.3 Å². The van der Waals surface area contributed by atoms with E-state index in [1.165, 1.54) is 36.0 Å². The first-order valence-electron chi connectivity index (χ1n) is 8.37. The average molecular weight is 435 g/mol. The summed E-state index contributed by atoms with van der Waals surface area (Å²) >= 11 is 1.26. The lowest BCUT2D eigenvalue weighted by molar-refractivity contribution is -0.147. The maximum Gasteiger partial charge on any atom is 0.307 e. The lowest BCUT2D eigenvalue weighted by Crippen LogP contribution is -2.32. The topological polar surface area (TPSA) is 145 Å². The SMILES string of the molecule is NS(=O)(=O)c1ccc(NC(=O)COC(=O)C[C@@H]2Sc3ccccc3NC2=O)cc1. The van der Waals surface area contributed by atoms with E-state index in [9.17, 15) is 22.8 Å². The number of hydrogen-bond donors (Lipinski definition) is 3. The molecule has 0 saturated carbocycles. The summed E-state index contributed by atoms with van der Waals surface area (Å²) < 4.78 is 27.3. The molecule has 0 aliphatic carbocycles. The first kappa shape index (κ1) is 20.8. The molecule has 4 N–H and O–H groups in total. The number of carbonyl (C=O) groups excluding carboxylic acids is 3. The summed E-state index contributed by atoms with van der Waals surface area (Å²) in [7, 11) is -3.82. The lowest BCUT2D eigenvalue weighted by Gasteiger charge is -2.23. The van der Waals surface area contributed by atoms with E-state index in [1.807, 2.05) is 12.1 Å². The summed E-state index contributed by atoms with van der Waals surface area (Å²) in [6, 6.07) is 12.5. The molecule has 0 bridgehead atoms. The summed E-state index contributed by atoms with van der Waals surface area (Å²) in [5, 5.41) is 9.55. The van der Waals surface area contributed by atoms with E-state index < -0.39 is 33.8 Å². The zero-order valence-corrected chi connectivity index (χ0v) is 16.6. The number of para-hydroxylation sites is 1. The van der Waals surface area contributed by atoms with Gasteiger partial charge >= 0.3 is 5.97 Å². The Morgan fingerprint density at radius 3 is 2.52 bits per heavy atom. The molecule has 9 nitrogen and oxygen atoms in total. The largest absolute Gasteiger partial charge is 0.456 e. The van der Waals surface area contributed by atoms with Crippen LogP contribution in [0.15, 0.2) is 58.3 Å². The number of rotatable bonds is 6. The minimum atomic E-state index is -3.82. The van der Waals surface area contributed by atoms with Crippen LogP contribution in [0, 0.1) is 0 Å². The standard InChI is InChI=1S/C18H17N3O6S2/c19-29(25,26)12-7-5-11(6-8-12)20-16(22)10-27-17(23)9-15-18(24)21-13-3-1-2-4-14(13)28-15/h1-8,15H,9-10H2,(H,20,22)(H,21,24)(H2,19,25,26)/t15-/m0/s1. The molecule has 2 aromatic carbocycles. The molecule has 11 heteroatoms. The second kappa shape index (κ2) is 8.64. The number of hydrogen-bond acceptors (Lipinski definition) is 7. The van der Waals surface area contributed by atoms with Gasteiger partial charge in [-0.25, -0.2) is 13.6 Å². The molecule has 1 heterocycles. The minimum Gasteiger partial charge on any atom is -0.456 e. The van der Waals surface area contributed by atoms with E-state index in [0.29, 0.717) is 11.4 Å². The number of esters is 1. The van der Waals surface area contributed by atoms with E-state index >= 15 is 0 Å². The molecule has 0 radical (unpaired) electrons. The van der Waals surface area contributed by atoms with Gasteiger partial charge in [0, 0.05) is 10.6 Å². The molecule has 29 heavy (non-hydrogen) atoms. The Hall–Kier alpha value is -2.89. The minimum absolute atomic E-state index is 0.0910. The molecule has 0 fully saturated rings. The Bertz CT molecular complexity index is 1050. The van der Waals surface area contributed by atoms with Gasteiger partial charge < -0.3 is 15.4 Å². The van der Waals surface area contributed by atoms with Gasteiger partial charge in [-0.15, -0.1) is 11.8 Å². The van der Waals surface area contributed by atoms with Gasteiger partial charge in [-0.3, -0.25) is 14.4 Å². The highest BCUT2D eigenvalue weighted by atomic mass is 32.2. The van der Waals surface area contributed by atoms with Crippen LogP contribution < -0.4 is 15.8 Å². The second-order valence-corrected chi connectivity index (χ2v) is 8.88. The van der Waals surface area contributed by atoms with Gasteiger partial charge in [0.1, 0.15) is 0 Å². The van der Waals surface area contributed by atoms with Crippen LogP contribution in [0.4, 0.5) is 11.4 Å². The fourth-order valence-electron chi connectivity index (χ4n) is 2.51. The molecule has 2 amide bonds. The number of primary sulfonamides is 1. The number of carbonyl (C=O) groups is 3. The summed E-state index contributed by atoms with van der Waals surface area (Å²) in [6.45, 7) is -0.536. The molecule has 1 aliphatic rings. The maximum atomic E-state index is 12.1. The maximum absolute atomic E-state index is 12.1. The zero-order chi connectivity index (χ0) is 21.0. The van der Waals surface area contributed by atoms with Crippen molar-refractivity contribution in [1.82, 2.24) is 0 Å². The lowest BCUT2D eigenvalue weighted by atomic mass is 10.2. The monoisotopic (exact) mass is 435 g/mol. The van der Waals surface area contributed by atoms with Crippen molar-refractivity contribution in [2.75, 3.05) is 17.2 Å². The number of ether oxygens (including phenoxy) is 1. The van der Waals surface area contributed by atoms with Gasteiger partial charge in [0.2, 0.25) is 15.9 Å². The molecule has 1 atom stereocenters. The van der Waals surface area contributed by atoms with Crippen molar-refractivity contribution in [1.29, 1.82) is 0 Å². The highest BCUT2D eigenvalue weighted by Crippen LogP contribution is 2.36. The summed E-state index contributed by atoms with van der Waals surface area (Å²) in [5.74, 6) is -1.59. The number of nitrogens with two attached hydrogens (primary N) is 1. The van der Waals surface area contributed by atoms with Crippen LogP contribution in [0.25, 0.3) is 0 Å². The highest BCUT2D eigenvalue weighted by molar-refractivity contribution is 8.01. The van der Waals surface area contributed by atoms with Gasteiger partial charge in [0.15, 0.2) is 6.61 Å². The van der Waals surface area contributed by atoms with Crippen LogP contribution in [0.3, 0.4) is 0 Å². The normalized spacial score (nSPS) is 15.8. The number of thioether (sulfide) groups is 1. The molecule has 3 rings (SSSR count). The molecular formula is C18H17N3O6S2. The molecule has 152 valence electrons. The van der Waals surface area contributed by atoms with Crippen molar-refractivity contribution >= 4 is 50.9 Å². The van der Waals surface area contributed by atoms with Gasteiger partial charge in [-0.05, 0) is 36.4 Å². The third-order valence-electron chi connectivity index (χ3n) is 3.89. The Balaban J connectivity index is 1.48. The van der Waals surface area contributed by atoms with E-state index in [-0.39, 0.29) is 17.2 Å². The van der Waals surface area contributed by atoms with Crippen molar-refractivity contribution in [2.24, 2.45) is 5.14 Å².